The van der Waals surface area contributed by atoms with E-state index < -0.39 is 9.84 Å². The van der Waals surface area contributed by atoms with Crippen molar-refractivity contribution in [1.29, 1.82) is 0 Å². The summed E-state index contributed by atoms with van der Waals surface area (Å²) in [6.07, 6.45) is 1.78. The monoisotopic (exact) mass is 341 g/mol. The summed E-state index contributed by atoms with van der Waals surface area (Å²) < 4.78 is 24.3. The molecule has 0 unspecified atom stereocenters. The number of aromatic amines is 1. The molecule has 0 saturated heterocycles. The number of nitrogens with zero attached hydrogens (tertiary/aromatic N) is 1. The van der Waals surface area contributed by atoms with Crippen molar-refractivity contribution in [3.05, 3.63) is 66.6 Å². The lowest BCUT2D eigenvalue weighted by molar-refractivity contribution is 0.597. The second kappa shape index (κ2) is 6.88. The molecule has 124 valence electrons. The molecular weight excluding hydrogens is 322 g/mol. The van der Waals surface area contributed by atoms with Crippen molar-refractivity contribution >= 4 is 15.5 Å². The van der Waals surface area contributed by atoms with Gasteiger partial charge in [-0.15, -0.1) is 0 Å². The first-order chi connectivity index (χ1) is 11.6. The third-order valence-corrected chi connectivity index (χ3v) is 5.55. The Morgan fingerprint density at radius 1 is 1.04 bits per heavy atom. The summed E-state index contributed by atoms with van der Waals surface area (Å²) in [5.41, 5.74) is 2.59. The highest BCUT2D eigenvalue weighted by Gasteiger charge is 2.16. The second-order valence-electron chi connectivity index (χ2n) is 5.36. The third kappa shape index (κ3) is 3.49. The van der Waals surface area contributed by atoms with Gasteiger partial charge in [-0.25, -0.2) is 13.4 Å². The number of aromatic nitrogens is 2. The maximum atomic E-state index is 12.2. The molecule has 2 aromatic carbocycles. The zero-order chi connectivity index (χ0) is 17.0. The van der Waals surface area contributed by atoms with Crippen LogP contribution in [0, 0.1) is 0 Å². The molecule has 0 spiro atoms. The molecule has 0 aliphatic heterocycles. The average Bonchev–Trinajstić information content (AvgIpc) is 3.10. The van der Waals surface area contributed by atoms with Gasteiger partial charge in [0.05, 0.1) is 34.8 Å². The first kappa shape index (κ1) is 16.3. The minimum Gasteiger partial charge on any atom is -0.377 e. The molecule has 1 heterocycles. The van der Waals surface area contributed by atoms with Crippen molar-refractivity contribution < 1.29 is 8.42 Å². The van der Waals surface area contributed by atoms with Crippen LogP contribution in [-0.4, -0.2) is 24.1 Å². The lowest BCUT2D eigenvalue weighted by atomic mass is 10.2. The predicted molar refractivity (Wildman–Crippen MR) is 95.5 cm³/mol. The maximum Gasteiger partial charge on any atom is 0.180 e. The molecule has 0 fully saturated rings. The number of anilines is 1. The summed E-state index contributed by atoms with van der Waals surface area (Å²) in [7, 11) is -3.26. The van der Waals surface area contributed by atoms with Gasteiger partial charge in [-0.05, 0) is 17.7 Å². The molecule has 2 N–H and O–H groups in total. The minimum atomic E-state index is -3.26. The van der Waals surface area contributed by atoms with Gasteiger partial charge in [-0.2, -0.15) is 0 Å². The molecule has 0 atom stereocenters. The van der Waals surface area contributed by atoms with Crippen molar-refractivity contribution in [2.24, 2.45) is 0 Å². The summed E-state index contributed by atoms with van der Waals surface area (Å²) >= 11 is 0. The number of sulfone groups is 1. The molecule has 24 heavy (non-hydrogen) atoms. The summed E-state index contributed by atoms with van der Waals surface area (Å²) in [4.78, 5) is 7.92. The Kier molecular flexibility index (Phi) is 4.66. The number of hydrogen-bond acceptors (Lipinski definition) is 4. The van der Waals surface area contributed by atoms with Crippen LogP contribution < -0.4 is 5.32 Å². The van der Waals surface area contributed by atoms with Gasteiger partial charge in [0.25, 0.3) is 0 Å². The van der Waals surface area contributed by atoms with Crippen LogP contribution in [0.25, 0.3) is 11.3 Å². The molecule has 3 rings (SSSR count). The van der Waals surface area contributed by atoms with Crippen molar-refractivity contribution in [3.8, 4) is 11.3 Å². The van der Waals surface area contributed by atoms with Crippen LogP contribution in [0.4, 0.5) is 5.69 Å². The Labute approximate surface area is 141 Å². The van der Waals surface area contributed by atoms with E-state index in [2.05, 4.69) is 15.3 Å². The van der Waals surface area contributed by atoms with Gasteiger partial charge in [0.2, 0.25) is 0 Å². The number of nitrogens with one attached hydrogen (secondary N) is 2. The van der Waals surface area contributed by atoms with Gasteiger partial charge in [-0.3, -0.25) is 0 Å². The molecular formula is C18H19N3O2S. The van der Waals surface area contributed by atoms with E-state index in [1.54, 1.807) is 31.3 Å². The Bertz CT molecular complexity index is 918. The Morgan fingerprint density at radius 2 is 1.75 bits per heavy atom. The van der Waals surface area contributed by atoms with Crippen molar-refractivity contribution in [2.45, 2.75) is 18.4 Å². The number of imidazole rings is 1. The molecule has 5 nitrogen and oxygen atoms in total. The number of H-pyrrole nitrogens is 1. The largest absolute Gasteiger partial charge is 0.377 e. The standard InChI is InChI=1S/C18H19N3O2S/c1-2-24(22,23)17-11-7-6-10-15(17)19-13-18-20-12-16(21-18)14-8-4-3-5-9-14/h3-12,19H,2,13H2,1H3,(H,20,21). The van der Waals surface area contributed by atoms with E-state index >= 15 is 0 Å². The zero-order valence-electron chi connectivity index (χ0n) is 13.4. The summed E-state index contributed by atoms with van der Waals surface area (Å²) in [6, 6.07) is 16.9. The van der Waals surface area contributed by atoms with Gasteiger partial charge < -0.3 is 10.3 Å². The molecule has 0 radical (unpaired) electrons. The molecule has 0 saturated carbocycles. The smallest absolute Gasteiger partial charge is 0.180 e. The first-order valence-corrected chi connectivity index (χ1v) is 9.40. The molecule has 6 heteroatoms. The topological polar surface area (TPSA) is 74.8 Å². The van der Waals surface area contributed by atoms with Gasteiger partial charge in [0.15, 0.2) is 9.84 Å². The fourth-order valence-corrected chi connectivity index (χ4v) is 3.51. The van der Waals surface area contributed by atoms with Crippen LogP contribution in [0.15, 0.2) is 65.7 Å². The molecule has 1 aromatic heterocycles. The van der Waals surface area contributed by atoms with Crippen LogP contribution in [0.5, 0.6) is 0 Å². The fourth-order valence-electron chi connectivity index (χ4n) is 2.44. The maximum absolute atomic E-state index is 12.2. The zero-order valence-corrected chi connectivity index (χ0v) is 14.2. The lowest BCUT2D eigenvalue weighted by Crippen LogP contribution is -2.09. The summed E-state index contributed by atoms with van der Waals surface area (Å²) in [5, 5.41) is 3.16. The van der Waals surface area contributed by atoms with Gasteiger partial charge >= 0.3 is 0 Å². The number of hydrogen-bond donors (Lipinski definition) is 2. The van der Waals surface area contributed by atoms with E-state index in [4.69, 9.17) is 0 Å². The van der Waals surface area contributed by atoms with E-state index in [9.17, 15) is 8.42 Å². The van der Waals surface area contributed by atoms with E-state index in [-0.39, 0.29) is 5.75 Å². The van der Waals surface area contributed by atoms with Crippen molar-refractivity contribution in [1.82, 2.24) is 9.97 Å². The molecule has 0 aliphatic rings. The van der Waals surface area contributed by atoms with Gasteiger partial charge in [0, 0.05) is 0 Å². The molecule has 0 amide bonds. The van der Waals surface area contributed by atoms with Crippen LogP contribution in [0.3, 0.4) is 0 Å². The van der Waals surface area contributed by atoms with Crippen LogP contribution >= 0.6 is 0 Å². The molecule has 0 aliphatic carbocycles. The quantitative estimate of drug-likeness (QED) is 0.720. The Balaban J connectivity index is 1.77. The number of benzene rings is 2. The summed E-state index contributed by atoms with van der Waals surface area (Å²) in [5.74, 6) is 0.822. The average molecular weight is 341 g/mol. The van der Waals surface area contributed by atoms with Gasteiger partial charge in [0.1, 0.15) is 5.82 Å². The van der Waals surface area contributed by atoms with E-state index in [0.29, 0.717) is 17.1 Å². The summed E-state index contributed by atoms with van der Waals surface area (Å²) in [6.45, 7) is 2.06. The third-order valence-electron chi connectivity index (χ3n) is 3.76. The Morgan fingerprint density at radius 3 is 2.50 bits per heavy atom. The van der Waals surface area contributed by atoms with Gasteiger partial charge in [-0.1, -0.05) is 49.4 Å². The SMILES string of the molecule is CCS(=O)(=O)c1ccccc1NCc1ncc(-c2ccccc2)[nH]1. The van der Waals surface area contributed by atoms with Crippen LogP contribution in [0.2, 0.25) is 0 Å². The number of para-hydroxylation sites is 1. The highest BCUT2D eigenvalue weighted by molar-refractivity contribution is 7.91. The van der Waals surface area contributed by atoms with E-state index in [1.165, 1.54) is 0 Å². The highest BCUT2D eigenvalue weighted by atomic mass is 32.2. The lowest BCUT2D eigenvalue weighted by Gasteiger charge is -2.10. The molecule has 0 bridgehead atoms. The van der Waals surface area contributed by atoms with E-state index in [1.807, 2.05) is 36.4 Å². The minimum absolute atomic E-state index is 0.0740. The molecule has 3 aromatic rings. The van der Waals surface area contributed by atoms with Crippen molar-refractivity contribution in [2.75, 3.05) is 11.1 Å². The van der Waals surface area contributed by atoms with Crippen LogP contribution in [-0.2, 0) is 16.4 Å². The highest BCUT2D eigenvalue weighted by Crippen LogP contribution is 2.23. The van der Waals surface area contributed by atoms with Crippen molar-refractivity contribution in [3.63, 3.8) is 0 Å². The van der Waals surface area contributed by atoms with Crippen LogP contribution in [0.1, 0.15) is 12.7 Å². The Hall–Kier alpha value is -2.60. The number of rotatable bonds is 6. The first-order valence-electron chi connectivity index (χ1n) is 7.75. The fraction of sp³-hybridized carbons (Fsp3) is 0.167. The normalized spacial score (nSPS) is 11.4. The van der Waals surface area contributed by atoms with E-state index in [0.717, 1.165) is 17.1 Å². The second-order valence-corrected chi connectivity index (χ2v) is 7.61. The predicted octanol–water partition coefficient (Wildman–Crippen LogP) is 3.48.